The van der Waals surface area contributed by atoms with E-state index in [1.54, 1.807) is 21.6 Å². The average molecular weight is 228 g/mol. The molecule has 35 valence electrons. The van der Waals surface area contributed by atoms with E-state index in [9.17, 15) is 0 Å². The minimum atomic E-state index is 1.04. The molecule has 0 amide bonds. The normalized spacial score (nSPS) is 23.5. The number of thioether (sulfide) groups is 1. The predicted molar refractivity (Wildman–Crippen MR) is 35.9 cm³/mol. The zero-order chi connectivity index (χ0) is 4.41. The summed E-state index contributed by atoms with van der Waals surface area (Å²) in [5.74, 6) is 2.83. The second kappa shape index (κ2) is 2.74. The Kier molecular flexibility index (Phi) is 2.58. The molecule has 0 aliphatic carbocycles. The standard InChI is InChI=1S/C3H6S2.Sb.H/c4-3-1-5-2-3;;/h3-4H,1-2H2;;/q;+1;/p-1. The van der Waals surface area contributed by atoms with Gasteiger partial charge in [0.2, 0.25) is 0 Å². The molecule has 0 N–H and O–H groups in total. The first-order valence-corrected chi connectivity index (χ1v) is 7.36. The Morgan fingerprint density at radius 2 is 2.33 bits per heavy atom. The summed E-state index contributed by atoms with van der Waals surface area (Å²) in [5, 5.41) is 1.04. The number of rotatable bonds is 1. The second-order valence-electron chi connectivity index (χ2n) is 1.28. The minimum absolute atomic E-state index is 1.04. The Balaban J connectivity index is 2.01. The molecule has 0 aromatic heterocycles. The summed E-state index contributed by atoms with van der Waals surface area (Å²) in [6.07, 6.45) is 0. The van der Waals surface area contributed by atoms with Crippen molar-refractivity contribution >= 4 is 42.2 Å². The Labute approximate surface area is 58.7 Å². The van der Waals surface area contributed by atoms with E-state index in [2.05, 4.69) is 20.6 Å². The van der Waals surface area contributed by atoms with Gasteiger partial charge >= 0.3 is 59.0 Å². The van der Waals surface area contributed by atoms with E-state index in [0.29, 0.717) is 0 Å². The van der Waals surface area contributed by atoms with Crippen LogP contribution in [0.25, 0.3) is 0 Å². The summed E-state index contributed by atoms with van der Waals surface area (Å²) in [4.78, 5) is 0. The third kappa shape index (κ3) is 1.24. The van der Waals surface area contributed by atoms with Crippen LogP contribution in [0.3, 0.4) is 0 Å². The van der Waals surface area contributed by atoms with Gasteiger partial charge in [0.25, 0.3) is 0 Å². The predicted octanol–water partition coefficient (Wildman–Crippen LogP) is 0.651. The number of hydrogen-bond acceptors (Lipinski definition) is 2. The quantitative estimate of drug-likeness (QED) is 0.604. The van der Waals surface area contributed by atoms with Gasteiger partial charge in [-0.2, -0.15) is 0 Å². The first-order chi connectivity index (χ1) is 2.93. The molecule has 1 saturated heterocycles. The molecule has 1 radical (unpaired) electrons. The molecule has 0 saturated carbocycles. The zero-order valence-corrected chi connectivity index (χ0v) is 7.80. The fourth-order valence-electron chi connectivity index (χ4n) is 0.282. The van der Waals surface area contributed by atoms with Gasteiger partial charge in [0.15, 0.2) is 0 Å². The van der Waals surface area contributed by atoms with Crippen LogP contribution in [-0.2, 0) is 0 Å². The van der Waals surface area contributed by atoms with Gasteiger partial charge in [0.05, 0.1) is 0 Å². The molecule has 1 fully saturated rings. The molecule has 0 aromatic rings. The summed E-state index contributed by atoms with van der Waals surface area (Å²) < 4.78 is 0. The maximum absolute atomic E-state index is 2.08. The van der Waals surface area contributed by atoms with Crippen molar-refractivity contribution in [3.05, 3.63) is 0 Å². The van der Waals surface area contributed by atoms with Gasteiger partial charge in [-0.1, -0.05) is 0 Å². The zero-order valence-electron chi connectivity index (χ0n) is 3.31. The number of hydrogen-bond donors (Lipinski definition) is 0. The first-order valence-electron chi connectivity index (χ1n) is 1.83. The molecule has 0 bridgehead atoms. The Bertz CT molecular complexity index is 41.3. The van der Waals surface area contributed by atoms with E-state index in [0.717, 1.165) is 5.25 Å². The third-order valence-electron chi connectivity index (χ3n) is 0.774. The third-order valence-corrected chi connectivity index (χ3v) is 5.99. The Hall–Kier alpha value is 1.52. The van der Waals surface area contributed by atoms with Crippen molar-refractivity contribution < 1.29 is 0 Å². The van der Waals surface area contributed by atoms with Gasteiger partial charge in [-0.3, -0.25) is 0 Å². The van der Waals surface area contributed by atoms with Crippen molar-refractivity contribution in [2.45, 2.75) is 5.25 Å². The van der Waals surface area contributed by atoms with Crippen molar-refractivity contribution in [3.8, 4) is 0 Å². The van der Waals surface area contributed by atoms with Crippen molar-refractivity contribution in [2.75, 3.05) is 11.5 Å². The summed E-state index contributed by atoms with van der Waals surface area (Å²) >= 11 is 3.70. The van der Waals surface area contributed by atoms with Gasteiger partial charge in [-0.05, 0) is 0 Å². The molecule has 1 rings (SSSR count). The van der Waals surface area contributed by atoms with Crippen LogP contribution in [0.1, 0.15) is 0 Å². The van der Waals surface area contributed by atoms with Gasteiger partial charge < -0.3 is 0 Å². The second-order valence-corrected chi connectivity index (χ2v) is 5.27. The SMILES string of the molecule is [SbH][S]C1CSC1. The van der Waals surface area contributed by atoms with Crippen LogP contribution in [0.2, 0.25) is 0 Å². The summed E-state index contributed by atoms with van der Waals surface area (Å²) in [6.45, 7) is 0. The Morgan fingerprint density at radius 3 is 2.33 bits per heavy atom. The average Bonchev–Trinajstić information content (AvgIpc) is 1.31. The molecule has 1 aliphatic rings. The molecular formula is C3H6S2Sb. The van der Waals surface area contributed by atoms with E-state index in [4.69, 9.17) is 0 Å². The molecule has 3 heteroatoms. The van der Waals surface area contributed by atoms with Gasteiger partial charge in [0.1, 0.15) is 0 Å². The van der Waals surface area contributed by atoms with Gasteiger partial charge in [0, 0.05) is 0 Å². The van der Waals surface area contributed by atoms with Crippen molar-refractivity contribution in [1.82, 2.24) is 0 Å². The van der Waals surface area contributed by atoms with E-state index in [1.807, 2.05) is 0 Å². The molecule has 0 unspecified atom stereocenters. The van der Waals surface area contributed by atoms with Crippen LogP contribution >= 0.6 is 20.6 Å². The maximum atomic E-state index is 2.08. The molecule has 0 nitrogen and oxygen atoms in total. The van der Waals surface area contributed by atoms with E-state index in [1.165, 1.54) is 11.5 Å². The van der Waals surface area contributed by atoms with Crippen molar-refractivity contribution in [3.63, 3.8) is 0 Å². The summed E-state index contributed by atoms with van der Waals surface area (Å²) in [6, 6.07) is 0. The van der Waals surface area contributed by atoms with Crippen molar-refractivity contribution in [1.29, 1.82) is 0 Å². The molecular weight excluding hydrogens is 222 g/mol. The summed E-state index contributed by atoms with van der Waals surface area (Å²) in [5.41, 5.74) is 0. The van der Waals surface area contributed by atoms with E-state index >= 15 is 0 Å². The molecule has 1 aliphatic heterocycles. The van der Waals surface area contributed by atoms with Crippen LogP contribution in [0.5, 0.6) is 0 Å². The van der Waals surface area contributed by atoms with Crippen LogP contribution in [0.4, 0.5) is 0 Å². The topological polar surface area (TPSA) is 0 Å². The van der Waals surface area contributed by atoms with E-state index in [-0.39, 0.29) is 0 Å². The molecule has 1 heterocycles. The van der Waals surface area contributed by atoms with E-state index < -0.39 is 0 Å². The van der Waals surface area contributed by atoms with Crippen LogP contribution < -0.4 is 0 Å². The van der Waals surface area contributed by atoms with Crippen molar-refractivity contribution in [2.24, 2.45) is 0 Å². The Morgan fingerprint density at radius 1 is 1.67 bits per heavy atom. The molecule has 0 atom stereocenters. The van der Waals surface area contributed by atoms with Crippen LogP contribution in [-0.4, -0.2) is 38.4 Å². The van der Waals surface area contributed by atoms with Crippen LogP contribution in [0.15, 0.2) is 0 Å². The summed E-state index contributed by atoms with van der Waals surface area (Å²) in [7, 11) is 2.08. The molecule has 0 spiro atoms. The van der Waals surface area contributed by atoms with Crippen LogP contribution in [0, 0.1) is 0 Å². The van der Waals surface area contributed by atoms with Gasteiger partial charge in [-0.15, -0.1) is 0 Å². The first kappa shape index (κ1) is 5.65. The monoisotopic (exact) mass is 227 g/mol. The van der Waals surface area contributed by atoms with Gasteiger partial charge in [-0.25, -0.2) is 0 Å². The fourth-order valence-corrected chi connectivity index (χ4v) is 5.33. The molecule has 6 heavy (non-hydrogen) atoms. The fraction of sp³-hybridized carbons (Fsp3) is 1.00. The molecule has 0 aromatic carbocycles.